The molecule has 1 rings (SSSR count). The van der Waals surface area contributed by atoms with Gasteiger partial charge in [0.05, 0.1) is 5.02 Å². The summed E-state index contributed by atoms with van der Waals surface area (Å²) in [5, 5.41) is 0.209. The molecule has 0 radical (unpaired) electrons. The minimum Gasteiger partial charge on any atom is -0.423 e. The second-order valence-electron chi connectivity index (χ2n) is 3.58. The van der Waals surface area contributed by atoms with Crippen LogP contribution in [0.1, 0.15) is 19.4 Å². The van der Waals surface area contributed by atoms with Crippen molar-refractivity contribution >= 4 is 23.5 Å². The summed E-state index contributed by atoms with van der Waals surface area (Å²) in [7, 11) is 0. The van der Waals surface area contributed by atoms with Crippen molar-refractivity contribution in [3.05, 3.63) is 35.4 Å². The number of carbonyl (C=O) groups is 2. The molecule has 0 saturated carbocycles. The number of allylic oxidation sites excluding steroid dienone is 1. The fourth-order valence-corrected chi connectivity index (χ4v) is 1.65. The van der Waals surface area contributed by atoms with E-state index in [-0.39, 0.29) is 16.5 Å². The molecule has 0 amide bonds. The van der Waals surface area contributed by atoms with E-state index < -0.39 is 11.9 Å². The van der Waals surface area contributed by atoms with Crippen molar-refractivity contribution in [1.29, 1.82) is 0 Å². The second-order valence-corrected chi connectivity index (χ2v) is 3.99. The molecular weight excluding hydrogens is 256 g/mol. The van der Waals surface area contributed by atoms with E-state index in [1.54, 1.807) is 18.2 Å². The lowest BCUT2D eigenvalue weighted by Gasteiger charge is -2.11. The van der Waals surface area contributed by atoms with Crippen LogP contribution in [0.4, 0.5) is 0 Å². The Balaban J connectivity index is 3.24. The van der Waals surface area contributed by atoms with Gasteiger partial charge in [0, 0.05) is 13.8 Å². The molecule has 0 aliphatic heterocycles. The smallest absolute Gasteiger partial charge is 0.308 e. The molecule has 0 spiro atoms. The highest BCUT2D eigenvalue weighted by molar-refractivity contribution is 6.32. The van der Waals surface area contributed by atoms with Gasteiger partial charge in [-0.15, -0.1) is 6.58 Å². The summed E-state index contributed by atoms with van der Waals surface area (Å²) in [5.74, 6) is -0.883. The SMILES string of the molecule is C=CCc1cc(Cl)c(OC(C)=O)c(OC(C)=O)c1. The zero-order chi connectivity index (χ0) is 13.7. The third-order valence-electron chi connectivity index (χ3n) is 1.95. The average Bonchev–Trinajstić information content (AvgIpc) is 2.22. The van der Waals surface area contributed by atoms with Crippen LogP contribution in [0.2, 0.25) is 5.02 Å². The Bertz CT molecular complexity index is 494. The highest BCUT2D eigenvalue weighted by Crippen LogP contribution is 2.37. The molecule has 1 aromatic carbocycles. The number of halogens is 1. The molecule has 0 aliphatic carbocycles. The van der Waals surface area contributed by atoms with Crippen molar-refractivity contribution < 1.29 is 19.1 Å². The summed E-state index contributed by atoms with van der Waals surface area (Å²) in [4.78, 5) is 22.0. The van der Waals surface area contributed by atoms with E-state index in [9.17, 15) is 9.59 Å². The van der Waals surface area contributed by atoms with Gasteiger partial charge in [-0.3, -0.25) is 9.59 Å². The van der Waals surface area contributed by atoms with Crippen LogP contribution in [0.3, 0.4) is 0 Å². The Morgan fingerprint density at radius 2 is 1.89 bits per heavy atom. The van der Waals surface area contributed by atoms with Crippen LogP contribution in [0.5, 0.6) is 11.5 Å². The van der Waals surface area contributed by atoms with Gasteiger partial charge < -0.3 is 9.47 Å². The summed E-state index contributed by atoms with van der Waals surface area (Å²) in [6, 6.07) is 3.22. The molecule has 96 valence electrons. The van der Waals surface area contributed by atoms with E-state index in [0.29, 0.717) is 6.42 Å². The number of rotatable bonds is 4. The van der Waals surface area contributed by atoms with Gasteiger partial charge in [-0.2, -0.15) is 0 Å². The molecule has 18 heavy (non-hydrogen) atoms. The zero-order valence-corrected chi connectivity index (χ0v) is 10.9. The monoisotopic (exact) mass is 268 g/mol. The van der Waals surface area contributed by atoms with Gasteiger partial charge in [-0.1, -0.05) is 17.7 Å². The van der Waals surface area contributed by atoms with Gasteiger partial charge in [0.2, 0.25) is 0 Å². The van der Waals surface area contributed by atoms with E-state index in [1.807, 2.05) is 0 Å². The molecular formula is C13H13ClO4. The fraction of sp³-hybridized carbons (Fsp3) is 0.231. The lowest BCUT2D eigenvalue weighted by Crippen LogP contribution is -2.08. The number of ether oxygens (including phenoxy) is 2. The normalized spacial score (nSPS) is 9.72. The number of hydrogen-bond donors (Lipinski definition) is 0. The minimum absolute atomic E-state index is 0.0483. The molecule has 1 aromatic rings. The molecule has 0 N–H and O–H groups in total. The maximum atomic E-state index is 11.0. The molecule has 0 aliphatic rings. The third kappa shape index (κ3) is 3.89. The predicted molar refractivity (Wildman–Crippen MR) is 68.0 cm³/mol. The highest BCUT2D eigenvalue weighted by atomic mass is 35.5. The fourth-order valence-electron chi connectivity index (χ4n) is 1.38. The predicted octanol–water partition coefficient (Wildman–Crippen LogP) is 2.92. The lowest BCUT2D eigenvalue weighted by atomic mass is 10.1. The summed E-state index contributed by atoms with van der Waals surface area (Å²) < 4.78 is 9.92. The van der Waals surface area contributed by atoms with Crippen LogP contribution in [-0.4, -0.2) is 11.9 Å². The first-order valence-electron chi connectivity index (χ1n) is 5.24. The molecule has 4 nitrogen and oxygen atoms in total. The zero-order valence-electron chi connectivity index (χ0n) is 10.2. The molecule has 0 bridgehead atoms. The summed E-state index contributed by atoms with van der Waals surface area (Å²) in [5.41, 5.74) is 0.808. The molecule has 0 heterocycles. The Kier molecular flexibility index (Phi) is 4.92. The van der Waals surface area contributed by atoms with Crippen LogP contribution in [-0.2, 0) is 16.0 Å². The topological polar surface area (TPSA) is 52.6 Å². The van der Waals surface area contributed by atoms with Crippen LogP contribution in [0.25, 0.3) is 0 Å². The van der Waals surface area contributed by atoms with Crippen LogP contribution in [0.15, 0.2) is 24.8 Å². The van der Waals surface area contributed by atoms with Gasteiger partial charge in [-0.05, 0) is 24.1 Å². The molecule has 0 saturated heterocycles. The van der Waals surface area contributed by atoms with E-state index in [4.69, 9.17) is 21.1 Å². The van der Waals surface area contributed by atoms with E-state index in [0.717, 1.165) is 5.56 Å². The Morgan fingerprint density at radius 3 is 2.39 bits per heavy atom. The molecule has 0 aromatic heterocycles. The number of carbonyl (C=O) groups excluding carboxylic acids is 2. The quantitative estimate of drug-likeness (QED) is 0.479. The van der Waals surface area contributed by atoms with Crippen LogP contribution >= 0.6 is 11.6 Å². The third-order valence-corrected chi connectivity index (χ3v) is 2.23. The van der Waals surface area contributed by atoms with E-state index in [2.05, 4.69) is 6.58 Å². The number of esters is 2. The van der Waals surface area contributed by atoms with Crippen molar-refractivity contribution in [2.24, 2.45) is 0 Å². The van der Waals surface area contributed by atoms with E-state index >= 15 is 0 Å². The number of benzene rings is 1. The maximum absolute atomic E-state index is 11.0. The van der Waals surface area contributed by atoms with Crippen molar-refractivity contribution in [1.82, 2.24) is 0 Å². The Hall–Kier alpha value is -1.81. The van der Waals surface area contributed by atoms with Crippen molar-refractivity contribution in [2.75, 3.05) is 0 Å². The number of hydrogen-bond acceptors (Lipinski definition) is 4. The van der Waals surface area contributed by atoms with Crippen LogP contribution < -0.4 is 9.47 Å². The summed E-state index contributed by atoms with van der Waals surface area (Å²) in [6.45, 7) is 6.11. The lowest BCUT2D eigenvalue weighted by molar-refractivity contribution is -0.134. The van der Waals surface area contributed by atoms with Gasteiger partial charge in [-0.25, -0.2) is 0 Å². The Morgan fingerprint density at radius 1 is 1.28 bits per heavy atom. The van der Waals surface area contributed by atoms with Crippen molar-refractivity contribution in [2.45, 2.75) is 20.3 Å². The molecule has 0 fully saturated rings. The standard InChI is InChI=1S/C13H13ClO4/c1-4-5-10-6-11(14)13(18-9(3)16)12(7-10)17-8(2)15/h4,6-7H,1,5H2,2-3H3. The first kappa shape index (κ1) is 14.3. The van der Waals surface area contributed by atoms with Gasteiger partial charge in [0.15, 0.2) is 11.5 Å². The van der Waals surface area contributed by atoms with Crippen LogP contribution in [0, 0.1) is 0 Å². The summed E-state index contributed by atoms with van der Waals surface area (Å²) in [6.07, 6.45) is 2.25. The molecule has 0 unspecified atom stereocenters. The van der Waals surface area contributed by atoms with Gasteiger partial charge >= 0.3 is 11.9 Å². The maximum Gasteiger partial charge on any atom is 0.308 e. The minimum atomic E-state index is -0.540. The highest BCUT2D eigenvalue weighted by Gasteiger charge is 2.15. The van der Waals surface area contributed by atoms with Crippen molar-refractivity contribution in [3.63, 3.8) is 0 Å². The second kappa shape index (κ2) is 6.21. The Labute approximate surface area is 110 Å². The van der Waals surface area contributed by atoms with Gasteiger partial charge in [0.1, 0.15) is 0 Å². The largest absolute Gasteiger partial charge is 0.423 e. The first-order chi connectivity index (χ1) is 8.43. The summed E-state index contributed by atoms with van der Waals surface area (Å²) >= 11 is 5.99. The average molecular weight is 269 g/mol. The van der Waals surface area contributed by atoms with Crippen molar-refractivity contribution in [3.8, 4) is 11.5 Å². The molecule has 5 heteroatoms. The molecule has 0 atom stereocenters. The first-order valence-corrected chi connectivity index (χ1v) is 5.62. The van der Waals surface area contributed by atoms with E-state index in [1.165, 1.54) is 13.8 Å². The van der Waals surface area contributed by atoms with Gasteiger partial charge in [0.25, 0.3) is 0 Å².